The van der Waals surface area contributed by atoms with Crippen molar-refractivity contribution in [3.05, 3.63) is 0 Å². The van der Waals surface area contributed by atoms with Crippen LogP contribution in [0.1, 0.15) is 34.1 Å². The summed E-state index contributed by atoms with van der Waals surface area (Å²) in [6, 6.07) is 0. The van der Waals surface area contributed by atoms with E-state index in [9.17, 15) is 0 Å². The van der Waals surface area contributed by atoms with Gasteiger partial charge in [-0.2, -0.15) is 0 Å². The minimum atomic E-state index is -1.01. The minimum Gasteiger partial charge on any atom is -0.370 e. The molecule has 0 aromatic rings. The van der Waals surface area contributed by atoms with E-state index in [1.54, 1.807) is 0 Å². The van der Waals surface area contributed by atoms with Gasteiger partial charge in [0.2, 0.25) is 0 Å². The summed E-state index contributed by atoms with van der Waals surface area (Å²) < 4.78 is 0.109. The molecule has 0 heterocycles. The molecule has 6 heteroatoms. The van der Waals surface area contributed by atoms with Gasteiger partial charge in [-0.1, -0.05) is 13.8 Å². The fraction of sp³-hybridized carbons (Fsp3) is 0.900. The maximum absolute atomic E-state index is 5.45. The lowest BCUT2D eigenvalue weighted by atomic mass is 9.93. The first-order valence-corrected chi connectivity index (χ1v) is 9.94. The van der Waals surface area contributed by atoms with Crippen LogP contribution in [0.2, 0.25) is 0 Å². The molecule has 4 N–H and O–H groups in total. The summed E-state index contributed by atoms with van der Waals surface area (Å²) in [6.07, 6.45) is 5.23. The number of rotatable bonds is 5. The number of guanidine groups is 1. The monoisotopic (exact) mass is 283 g/mol. The third-order valence-corrected chi connectivity index (χ3v) is 11.6. The summed E-state index contributed by atoms with van der Waals surface area (Å²) >= 11 is 4.81. The van der Waals surface area contributed by atoms with Crippen LogP contribution in [0.5, 0.6) is 0 Å². The molecule has 1 unspecified atom stereocenters. The lowest BCUT2D eigenvalue weighted by Gasteiger charge is -2.46. The average molecular weight is 284 g/mol. The Morgan fingerprint density at radius 1 is 1.31 bits per heavy atom. The van der Waals surface area contributed by atoms with Crippen LogP contribution in [-0.2, 0) is 0 Å². The predicted molar refractivity (Wildman–Crippen MR) is 84.6 cm³/mol. The highest BCUT2D eigenvalue weighted by Crippen LogP contribution is 2.70. The second kappa shape index (κ2) is 5.31. The van der Waals surface area contributed by atoms with Crippen molar-refractivity contribution in [1.29, 1.82) is 0 Å². The van der Waals surface area contributed by atoms with Gasteiger partial charge in [-0.3, -0.25) is 0 Å². The standard InChI is InChI=1S/C10H25N3S3/c1-9(2,13-8(11)12)7-10(3,4)16(6,14)15-5/h14H,7H2,1-6H3,(H4,11,12,13). The largest absolute Gasteiger partial charge is 0.370 e. The smallest absolute Gasteiger partial charge is 0.186 e. The summed E-state index contributed by atoms with van der Waals surface area (Å²) in [5.74, 6) is 0.154. The zero-order valence-electron chi connectivity index (χ0n) is 11.1. The molecule has 1 atom stereocenters. The van der Waals surface area contributed by atoms with Crippen LogP contribution in [0.3, 0.4) is 0 Å². The molecule has 0 spiro atoms. The van der Waals surface area contributed by atoms with Crippen LogP contribution >= 0.6 is 30.5 Å². The molecule has 0 aromatic carbocycles. The molecule has 0 aliphatic carbocycles. The highest BCUT2D eigenvalue weighted by Gasteiger charge is 2.38. The van der Waals surface area contributed by atoms with Crippen LogP contribution in [-0.4, -0.2) is 28.8 Å². The first-order chi connectivity index (χ1) is 6.93. The molecular formula is C10H25N3S3. The minimum absolute atomic E-state index is 0.109. The van der Waals surface area contributed by atoms with Crippen molar-refractivity contribution in [2.24, 2.45) is 16.5 Å². The van der Waals surface area contributed by atoms with Gasteiger partial charge in [0.15, 0.2) is 5.96 Å². The fourth-order valence-corrected chi connectivity index (χ4v) is 4.59. The summed E-state index contributed by atoms with van der Waals surface area (Å²) in [5.41, 5.74) is 10.7. The molecule has 0 bridgehead atoms. The van der Waals surface area contributed by atoms with E-state index in [0.717, 1.165) is 6.42 Å². The highest BCUT2D eigenvalue weighted by molar-refractivity contribution is 9.21. The van der Waals surface area contributed by atoms with Crippen LogP contribution < -0.4 is 11.5 Å². The van der Waals surface area contributed by atoms with Gasteiger partial charge in [-0.15, -0.1) is 30.5 Å². The molecule has 0 saturated heterocycles. The maximum atomic E-state index is 5.45. The van der Waals surface area contributed by atoms with Crippen LogP contribution in [0.25, 0.3) is 0 Å². The van der Waals surface area contributed by atoms with Gasteiger partial charge in [0.25, 0.3) is 0 Å². The van der Waals surface area contributed by atoms with Gasteiger partial charge in [0.1, 0.15) is 0 Å². The van der Waals surface area contributed by atoms with Gasteiger partial charge in [0, 0.05) is 4.75 Å². The Bertz CT molecular complexity index is 268. The van der Waals surface area contributed by atoms with Crippen LogP contribution in [0, 0.1) is 0 Å². The Labute approximate surface area is 110 Å². The molecule has 0 rings (SSSR count). The fourth-order valence-electron chi connectivity index (χ4n) is 1.79. The summed E-state index contributed by atoms with van der Waals surface area (Å²) in [7, 11) is 0.824. The van der Waals surface area contributed by atoms with E-state index in [0.29, 0.717) is 0 Å². The van der Waals surface area contributed by atoms with Gasteiger partial charge < -0.3 is 11.5 Å². The zero-order chi connectivity index (χ0) is 13.2. The van der Waals surface area contributed by atoms with Crippen molar-refractivity contribution < 1.29 is 0 Å². The van der Waals surface area contributed by atoms with Crippen molar-refractivity contribution >= 4 is 36.5 Å². The summed E-state index contributed by atoms with van der Waals surface area (Å²) in [4.78, 5) is 4.28. The molecule has 0 fully saturated rings. The van der Waals surface area contributed by atoms with E-state index in [4.69, 9.17) is 23.1 Å². The van der Waals surface area contributed by atoms with Crippen molar-refractivity contribution in [1.82, 2.24) is 0 Å². The van der Waals surface area contributed by atoms with Gasteiger partial charge >= 0.3 is 0 Å². The molecule has 0 aromatic heterocycles. The van der Waals surface area contributed by atoms with Crippen molar-refractivity contribution in [2.75, 3.05) is 12.5 Å². The molecule has 0 aliphatic heterocycles. The van der Waals surface area contributed by atoms with Crippen molar-refractivity contribution in [3.63, 3.8) is 0 Å². The lowest BCUT2D eigenvalue weighted by Crippen LogP contribution is -2.36. The topological polar surface area (TPSA) is 64.4 Å². The Kier molecular flexibility index (Phi) is 5.42. The number of nitrogens with two attached hydrogens (primary N) is 2. The van der Waals surface area contributed by atoms with E-state index in [-0.39, 0.29) is 16.2 Å². The van der Waals surface area contributed by atoms with E-state index in [2.05, 4.69) is 45.2 Å². The molecule has 0 amide bonds. The summed E-state index contributed by atoms with van der Waals surface area (Å²) in [6.45, 7) is 8.57. The highest BCUT2D eigenvalue weighted by atomic mass is 33.5. The van der Waals surface area contributed by atoms with Crippen LogP contribution in [0.4, 0.5) is 0 Å². The lowest BCUT2D eigenvalue weighted by molar-refractivity contribution is 0.426. The number of thiol groups is 1. The Balaban J connectivity index is 4.90. The first kappa shape index (κ1) is 16.3. The van der Waals surface area contributed by atoms with Gasteiger partial charge in [-0.25, -0.2) is 4.99 Å². The molecular weight excluding hydrogens is 258 g/mol. The molecule has 0 radical (unpaired) electrons. The Hall–Kier alpha value is 0.320. The third kappa shape index (κ3) is 4.67. The second-order valence-electron chi connectivity index (χ2n) is 5.25. The predicted octanol–water partition coefficient (Wildman–Crippen LogP) is 2.76. The molecule has 0 aliphatic rings. The van der Waals surface area contributed by atoms with Gasteiger partial charge in [0.05, 0.1) is 5.54 Å². The number of aliphatic imine (C=N–C) groups is 1. The van der Waals surface area contributed by atoms with E-state index >= 15 is 0 Å². The second-order valence-corrected chi connectivity index (χ2v) is 14.2. The number of nitrogens with zero attached hydrogens (tertiary/aromatic N) is 1. The van der Waals surface area contributed by atoms with Crippen LogP contribution in [0.15, 0.2) is 4.99 Å². The normalized spacial score (nSPS) is 18.7. The van der Waals surface area contributed by atoms with E-state index in [1.807, 2.05) is 10.8 Å². The Morgan fingerprint density at radius 2 is 1.75 bits per heavy atom. The molecule has 3 nitrogen and oxygen atoms in total. The van der Waals surface area contributed by atoms with E-state index in [1.165, 1.54) is 0 Å². The van der Waals surface area contributed by atoms with E-state index < -0.39 is 8.09 Å². The molecule has 16 heavy (non-hydrogen) atoms. The van der Waals surface area contributed by atoms with Crippen molar-refractivity contribution in [2.45, 2.75) is 44.4 Å². The quantitative estimate of drug-likeness (QED) is 0.315. The number of hydrogen-bond donors (Lipinski definition) is 3. The first-order valence-electron chi connectivity index (χ1n) is 5.10. The maximum Gasteiger partial charge on any atom is 0.186 e. The third-order valence-electron chi connectivity index (χ3n) is 2.64. The zero-order valence-corrected chi connectivity index (χ0v) is 13.6. The SMILES string of the molecule is CSS(C)(S)C(C)(C)CC(C)(C)N=C(N)N. The van der Waals surface area contributed by atoms with Crippen molar-refractivity contribution in [3.8, 4) is 0 Å². The molecule has 98 valence electrons. The molecule has 0 saturated carbocycles. The van der Waals surface area contributed by atoms with Gasteiger partial charge in [-0.05, 0) is 32.8 Å². The Morgan fingerprint density at radius 3 is 2.06 bits per heavy atom. The number of hydrogen-bond acceptors (Lipinski definition) is 3. The summed E-state index contributed by atoms with van der Waals surface area (Å²) in [5, 5.41) is 0. The average Bonchev–Trinajstić information content (AvgIpc) is 1.98.